The van der Waals surface area contributed by atoms with Crippen molar-refractivity contribution in [3.63, 3.8) is 0 Å². The van der Waals surface area contributed by atoms with Gasteiger partial charge >= 0.3 is 11.9 Å². The van der Waals surface area contributed by atoms with Crippen molar-refractivity contribution >= 4 is 11.9 Å². The van der Waals surface area contributed by atoms with Crippen molar-refractivity contribution < 1.29 is 19.1 Å². The molecule has 0 bridgehead atoms. The number of carbonyl (C=O) groups excluding carboxylic acids is 2. The number of hydrogen-bond donors (Lipinski definition) is 0. The number of ether oxygens (including phenoxy) is 2. The molecular weight excluding hydrogens is 306 g/mol. The van der Waals surface area contributed by atoms with Crippen molar-refractivity contribution in [2.45, 2.75) is 52.5 Å². The summed E-state index contributed by atoms with van der Waals surface area (Å²) in [5, 5.41) is 0. The summed E-state index contributed by atoms with van der Waals surface area (Å²) in [6.45, 7) is 9.54. The smallest absolute Gasteiger partial charge is 0.349 e. The number of para-hydroxylation sites is 1. The van der Waals surface area contributed by atoms with Gasteiger partial charge in [0.05, 0.1) is 0 Å². The lowest BCUT2D eigenvalue weighted by molar-refractivity contribution is -0.156. The Kier molecular flexibility index (Phi) is 7.42. The van der Waals surface area contributed by atoms with E-state index in [4.69, 9.17) is 9.47 Å². The van der Waals surface area contributed by atoms with Crippen LogP contribution >= 0.6 is 0 Å². The largest absolute Gasteiger partial charge is 0.452 e. The van der Waals surface area contributed by atoms with E-state index >= 15 is 0 Å². The first-order chi connectivity index (χ1) is 11.1. The summed E-state index contributed by atoms with van der Waals surface area (Å²) in [6.07, 6.45) is 0. The number of hydrogen-bond acceptors (Lipinski definition) is 5. The number of rotatable bonds is 7. The Bertz CT molecular complexity index is 552. The molecular formula is C19H29NO4. The highest BCUT2D eigenvalue weighted by Gasteiger charge is 2.21. The standard InChI is InChI=1S/C19H29NO4/c1-12(2)15-9-8-10-16(13(3)4)18(15)24-17(21)11-23-19(22)14(5)20(6)7/h8-10,12-14H,11H2,1-7H3/t14-/m1/s1. The van der Waals surface area contributed by atoms with Crippen LogP contribution in [0.15, 0.2) is 18.2 Å². The quantitative estimate of drug-likeness (QED) is 0.565. The van der Waals surface area contributed by atoms with Crippen LogP contribution in [0.5, 0.6) is 5.75 Å². The van der Waals surface area contributed by atoms with E-state index in [2.05, 4.69) is 27.7 Å². The van der Waals surface area contributed by atoms with Gasteiger partial charge in [-0.25, -0.2) is 4.79 Å². The van der Waals surface area contributed by atoms with E-state index in [1.165, 1.54) is 0 Å². The van der Waals surface area contributed by atoms with Crippen LogP contribution in [0.3, 0.4) is 0 Å². The normalized spacial score (nSPS) is 12.6. The van der Waals surface area contributed by atoms with Crippen LogP contribution in [0.2, 0.25) is 0 Å². The summed E-state index contributed by atoms with van der Waals surface area (Å²) >= 11 is 0. The molecule has 1 aromatic rings. The van der Waals surface area contributed by atoms with E-state index in [1.54, 1.807) is 25.9 Å². The van der Waals surface area contributed by atoms with Gasteiger partial charge in [-0.2, -0.15) is 0 Å². The van der Waals surface area contributed by atoms with Crippen molar-refractivity contribution in [1.82, 2.24) is 4.90 Å². The van der Waals surface area contributed by atoms with Crippen LogP contribution < -0.4 is 4.74 Å². The highest BCUT2D eigenvalue weighted by Crippen LogP contribution is 2.34. The minimum Gasteiger partial charge on any atom is -0.452 e. The molecule has 0 N–H and O–H groups in total. The summed E-state index contributed by atoms with van der Waals surface area (Å²) in [4.78, 5) is 25.7. The predicted molar refractivity (Wildman–Crippen MR) is 94.4 cm³/mol. The Morgan fingerprint density at radius 1 is 1.00 bits per heavy atom. The Morgan fingerprint density at radius 2 is 1.50 bits per heavy atom. The number of nitrogens with zero attached hydrogens (tertiary/aromatic N) is 1. The third-order valence-electron chi connectivity index (χ3n) is 3.98. The van der Waals surface area contributed by atoms with Gasteiger partial charge in [0, 0.05) is 0 Å². The SMILES string of the molecule is CC(C)c1cccc(C(C)C)c1OC(=O)COC(=O)[C@@H](C)N(C)C. The number of likely N-dealkylation sites (N-methyl/N-ethyl adjacent to an activating group) is 1. The Balaban J connectivity index is 2.85. The first-order valence-corrected chi connectivity index (χ1v) is 8.31. The van der Waals surface area contributed by atoms with Gasteiger partial charge in [0.15, 0.2) is 6.61 Å². The molecule has 134 valence electrons. The topological polar surface area (TPSA) is 55.8 Å². The molecule has 1 atom stereocenters. The van der Waals surface area contributed by atoms with E-state index in [9.17, 15) is 9.59 Å². The van der Waals surface area contributed by atoms with E-state index in [0.29, 0.717) is 5.75 Å². The van der Waals surface area contributed by atoms with Crippen LogP contribution in [-0.2, 0) is 14.3 Å². The van der Waals surface area contributed by atoms with Gasteiger partial charge in [-0.05, 0) is 44.0 Å². The fraction of sp³-hybridized carbons (Fsp3) is 0.579. The van der Waals surface area contributed by atoms with Gasteiger partial charge in [0.25, 0.3) is 0 Å². The second-order valence-electron chi connectivity index (χ2n) is 6.80. The van der Waals surface area contributed by atoms with Crippen LogP contribution in [0.25, 0.3) is 0 Å². The van der Waals surface area contributed by atoms with Crippen LogP contribution in [-0.4, -0.2) is 43.6 Å². The highest BCUT2D eigenvalue weighted by molar-refractivity contribution is 5.80. The Hall–Kier alpha value is -1.88. The van der Waals surface area contributed by atoms with Crippen LogP contribution in [0, 0.1) is 0 Å². The fourth-order valence-corrected chi connectivity index (χ4v) is 2.21. The molecule has 0 radical (unpaired) electrons. The molecule has 0 unspecified atom stereocenters. The van der Waals surface area contributed by atoms with Crippen molar-refractivity contribution in [2.24, 2.45) is 0 Å². The average Bonchev–Trinajstić information content (AvgIpc) is 2.51. The molecule has 0 heterocycles. The monoisotopic (exact) mass is 335 g/mol. The van der Waals surface area contributed by atoms with Gasteiger partial charge in [-0.1, -0.05) is 45.9 Å². The number of esters is 2. The summed E-state index contributed by atoms with van der Waals surface area (Å²) < 4.78 is 10.6. The molecule has 0 saturated carbocycles. The van der Waals surface area contributed by atoms with Gasteiger partial charge in [-0.3, -0.25) is 9.69 Å². The summed E-state index contributed by atoms with van der Waals surface area (Å²) in [5.41, 5.74) is 1.95. The predicted octanol–water partition coefficient (Wildman–Crippen LogP) is 3.33. The first kappa shape index (κ1) is 20.2. The lowest BCUT2D eigenvalue weighted by Crippen LogP contribution is -2.35. The zero-order chi connectivity index (χ0) is 18.4. The summed E-state index contributed by atoms with van der Waals surface area (Å²) in [5.74, 6) is 0.0253. The minimum atomic E-state index is -0.565. The maximum atomic E-state index is 12.1. The molecule has 0 aromatic heterocycles. The maximum Gasteiger partial charge on any atom is 0.349 e. The maximum absolute atomic E-state index is 12.1. The van der Waals surface area contributed by atoms with Crippen molar-refractivity contribution in [3.8, 4) is 5.75 Å². The van der Waals surface area contributed by atoms with Gasteiger partial charge in [-0.15, -0.1) is 0 Å². The molecule has 0 fully saturated rings. The molecule has 0 amide bonds. The van der Waals surface area contributed by atoms with Crippen molar-refractivity contribution in [2.75, 3.05) is 20.7 Å². The zero-order valence-corrected chi connectivity index (χ0v) is 15.8. The minimum absolute atomic E-state index is 0.225. The molecule has 0 aliphatic carbocycles. The van der Waals surface area contributed by atoms with Gasteiger partial charge in [0.1, 0.15) is 11.8 Å². The van der Waals surface area contributed by atoms with E-state index in [1.807, 2.05) is 18.2 Å². The van der Waals surface area contributed by atoms with Gasteiger partial charge < -0.3 is 9.47 Å². The Labute approximate surface area is 144 Å². The molecule has 5 nitrogen and oxygen atoms in total. The molecule has 1 rings (SSSR count). The first-order valence-electron chi connectivity index (χ1n) is 8.31. The highest BCUT2D eigenvalue weighted by atomic mass is 16.6. The van der Waals surface area contributed by atoms with Crippen LogP contribution in [0.4, 0.5) is 0 Å². The lowest BCUT2D eigenvalue weighted by atomic mass is 9.94. The second-order valence-corrected chi connectivity index (χ2v) is 6.80. The molecule has 5 heteroatoms. The third kappa shape index (κ3) is 5.34. The molecule has 24 heavy (non-hydrogen) atoms. The molecule has 0 aliphatic heterocycles. The lowest BCUT2D eigenvalue weighted by Gasteiger charge is -2.20. The average molecular weight is 335 g/mol. The number of benzene rings is 1. The molecule has 0 saturated heterocycles. The van der Waals surface area contributed by atoms with E-state index < -0.39 is 18.0 Å². The zero-order valence-electron chi connectivity index (χ0n) is 15.8. The Morgan fingerprint density at radius 3 is 1.92 bits per heavy atom. The molecule has 0 spiro atoms. The fourth-order valence-electron chi connectivity index (χ4n) is 2.21. The molecule has 0 aliphatic rings. The second kappa shape index (κ2) is 8.83. The van der Waals surface area contributed by atoms with E-state index in [-0.39, 0.29) is 18.4 Å². The van der Waals surface area contributed by atoms with Crippen molar-refractivity contribution in [1.29, 1.82) is 0 Å². The molecule has 1 aromatic carbocycles. The summed E-state index contributed by atoms with van der Waals surface area (Å²) in [7, 11) is 3.55. The third-order valence-corrected chi connectivity index (χ3v) is 3.98. The van der Waals surface area contributed by atoms with Crippen molar-refractivity contribution in [3.05, 3.63) is 29.3 Å². The number of carbonyl (C=O) groups is 2. The van der Waals surface area contributed by atoms with Crippen LogP contribution in [0.1, 0.15) is 57.6 Å². The van der Waals surface area contributed by atoms with E-state index in [0.717, 1.165) is 11.1 Å². The van der Waals surface area contributed by atoms with Gasteiger partial charge in [0.2, 0.25) is 0 Å². The summed E-state index contributed by atoms with van der Waals surface area (Å²) in [6, 6.07) is 5.48.